The molecule has 0 unspecified atom stereocenters. The van der Waals surface area contributed by atoms with Gasteiger partial charge in [-0.2, -0.15) is 0 Å². The lowest BCUT2D eigenvalue weighted by Crippen LogP contribution is -2.25. The molecular formula is C17H16FN3O. The van der Waals surface area contributed by atoms with Crippen LogP contribution in [0.5, 0.6) is 0 Å². The van der Waals surface area contributed by atoms with E-state index in [1.54, 1.807) is 43.4 Å². The monoisotopic (exact) mass is 297 g/mol. The van der Waals surface area contributed by atoms with Crippen molar-refractivity contribution in [1.82, 2.24) is 14.5 Å². The molecule has 112 valence electrons. The largest absolute Gasteiger partial charge is 0.347 e. The fourth-order valence-electron chi connectivity index (χ4n) is 2.33. The first kappa shape index (κ1) is 14.3. The van der Waals surface area contributed by atoms with E-state index in [0.717, 1.165) is 11.0 Å². The van der Waals surface area contributed by atoms with Crippen LogP contribution in [0.4, 0.5) is 4.39 Å². The highest BCUT2D eigenvalue weighted by molar-refractivity contribution is 5.84. The Bertz CT molecular complexity index is 839. The number of aromatic nitrogens is 2. The maximum absolute atomic E-state index is 13.9. The van der Waals surface area contributed by atoms with E-state index in [0.29, 0.717) is 11.1 Å². The van der Waals surface area contributed by atoms with Crippen LogP contribution in [0.1, 0.15) is 0 Å². The van der Waals surface area contributed by atoms with Crippen molar-refractivity contribution in [2.75, 3.05) is 14.1 Å². The topological polar surface area (TPSA) is 38.1 Å². The summed E-state index contributed by atoms with van der Waals surface area (Å²) in [4.78, 5) is 17.8. The summed E-state index contributed by atoms with van der Waals surface area (Å²) in [5.74, 6) is -0.292. The Balaban J connectivity index is 2.05. The van der Waals surface area contributed by atoms with Crippen molar-refractivity contribution in [3.05, 3.63) is 54.6 Å². The highest BCUT2D eigenvalue weighted by atomic mass is 19.1. The van der Waals surface area contributed by atoms with Crippen LogP contribution >= 0.6 is 0 Å². The lowest BCUT2D eigenvalue weighted by molar-refractivity contribution is -0.129. The average molecular weight is 297 g/mol. The molecule has 0 spiro atoms. The predicted molar refractivity (Wildman–Crippen MR) is 83.8 cm³/mol. The van der Waals surface area contributed by atoms with Crippen molar-refractivity contribution < 1.29 is 9.18 Å². The van der Waals surface area contributed by atoms with Gasteiger partial charge in [0, 0.05) is 37.6 Å². The molecule has 1 amide bonds. The van der Waals surface area contributed by atoms with Gasteiger partial charge in [-0.15, -0.1) is 0 Å². The second-order valence-corrected chi connectivity index (χ2v) is 5.34. The Morgan fingerprint density at radius 2 is 2.05 bits per heavy atom. The van der Waals surface area contributed by atoms with Crippen LogP contribution in [0, 0.1) is 5.82 Å². The number of benzene rings is 1. The molecule has 0 bridgehead atoms. The minimum absolute atomic E-state index is 0.00575. The first-order valence-corrected chi connectivity index (χ1v) is 6.96. The summed E-state index contributed by atoms with van der Waals surface area (Å²) >= 11 is 0. The summed E-state index contributed by atoms with van der Waals surface area (Å²) < 4.78 is 15.8. The summed E-state index contributed by atoms with van der Waals surface area (Å²) in [5.41, 5.74) is 2.80. The maximum Gasteiger partial charge on any atom is 0.241 e. The molecule has 1 aromatic carbocycles. The number of rotatable bonds is 3. The van der Waals surface area contributed by atoms with Gasteiger partial charge in [0.25, 0.3) is 0 Å². The fraction of sp³-hybridized carbons (Fsp3) is 0.176. The molecule has 4 nitrogen and oxygen atoms in total. The third-order valence-corrected chi connectivity index (χ3v) is 3.61. The van der Waals surface area contributed by atoms with E-state index in [9.17, 15) is 9.18 Å². The number of nitrogens with zero attached hydrogens (tertiary/aromatic N) is 3. The average Bonchev–Trinajstić information content (AvgIpc) is 2.90. The number of halogens is 1. The zero-order chi connectivity index (χ0) is 15.7. The standard InChI is InChI=1S/C17H16FN3O/c1-20(2)17(22)11-21-8-7-15-16(21)9-12(10-19-15)13-5-3-4-6-14(13)18/h3-10H,11H2,1-2H3. The number of amides is 1. The number of pyridine rings is 1. The minimum Gasteiger partial charge on any atom is -0.347 e. The highest BCUT2D eigenvalue weighted by Crippen LogP contribution is 2.25. The Labute approximate surface area is 127 Å². The van der Waals surface area contributed by atoms with Gasteiger partial charge in [-0.05, 0) is 18.2 Å². The number of carbonyl (C=O) groups excluding carboxylic acids is 1. The third-order valence-electron chi connectivity index (χ3n) is 3.61. The van der Waals surface area contributed by atoms with Crippen LogP contribution in [0.2, 0.25) is 0 Å². The number of likely N-dealkylation sites (N-methyl/N-ethyl adjacent to an activating group) is 1. The normalized spacial score (nSPS) is 10.9. The van der Waals surface area contributed by atoms with Crippen molar-refractivity contribution in [1.29, 1.82) is 0 Å². The highest BCUT2D eigenvalue weighted by Gasteiger charge is 2.11. The number of carbonyl (C=O) groups is 1. The summed E-state index contributed by atoms with van der Waals surface area (Å²) in [5, 5.41) is 0. The molecule has 0 aliphatic heterocycles. The molecule has 0 saturated carbocycles. The molecule has 2 aromatic heterocycles. The molecule has 0 radical (unpaired) electrons. The number of hydrogen-bond donors (Lipinski definition) is 0. The summed E-state index contributed by atoms with van der Waals surface area (Å²) in [7, 11) is 3.44. The quantitative estimate of drug-likeness (QED) is 0.745. The van der Waals surface area contributed by atoms with E-state index < -0.39 is 0 Å². The van der Waals surface area contributed by atoms with Gasteiger partial charge < -0.3 is 9.47 Å². The molecule has 5 heteroatoms. The van der Waals surface area contributed by atoms with Crippen LogP contribution in [-0.4, -0.2) is 34.5 Å². The zero-order valence-electron chi connectivity index (χ0n) is 12.5. The number of fused-ring (bicyclic) bond motifs is 1. The van der Waals surface area contributed by atoms with Gasteiger partial charge in [0.1, 0.15) is 12.4 Å². The molecule has 0 aliphatic carbocycles. The molecule has 0 saturated heterocycles. The van der Waals surface area contributed by atoms with Crippen molar-refractivity contribution in [3.8, 4) is 11.1 Å². The van der Waals surface area contributed by atoms with Crippen LogP contribution < -0.4 is 0 Å². The van der Waals surface area contributed by atoms with Crippen molar-refractivity contribution in [2.45, 2.75) is 6.54 Å². The zero-order valence-corrected chi connectivity index (χ0v) is 12.5. The molecule has 0 aliphatic rings. The SMILES string of the molecule is CN(C)C(=O)Cn1ccc2ncc(-c3ccccc3F)cc21. The molecule has 3 aromatic rings. The van der Waals surface area contributed by atoms with Crippen molar-refractivity contribution >= 4 is 16.9 Å². The van der Waals surface area contributed by atoms with Gasteiger partial charge >= 0.3 is 0 Å². The van der Waals surface area contributed by atoms with Gasteiger partial charge in [-0.3, -0.25) is 9.78 Å². The molecule has 0 fully saturated rings. The fourth-order valence-corrected chi connectivity index (χ4v) is 2.33. The maximum atomic E-state index is 13.9. The van der Waals surface area contributed by atoms with E-state index in [1.807, 2.05) is 22.9 Å². The van der Waals surface area contributed by atoms with Gasteiger partial charge in [0.05, 0.1) is 11.0 Å². The lowest BCUT2D eigenvalue weighted by Gasteiger charge is -2.12. The second-order valence-electron chi connectivity index (χ2n) is 5.34. The number of hydrogen-bond acceptors (Lipinski definition) is 2. The summed E-state index contributed by atoms with van der Waals surface area (Å²) in [6.45, 7) is 0.235. The van der Waals surface area contributed by atoms with E-state index in [1.165, 1.54) is 6.07 Å². The predicted octanol–water partition coefficient (Wildman–Crippen LogP) is 2.93. The molecular weight excluding hydrogens is 281 g/mol. The molecule has 22 heavy (non-hydrogen) atoms. The Hall–Kier alpha value is -2.69. The van der Waals surface area contributed by atoms with E-state index >= 15 is 0 Å². The summed E-state index contributed by atoms with van der Waals surface area (Å²) in [6.07, 6.45) is 3.48. The van der Waals surface area contributed by atoms with Crippen molar-refractivity contribution in [2.24, 2.45) is 0 Å². The minimum atomic E-state index is -0.286. The van der Waals surface area contributed by atoms with Crippen LogP contribution in [0.15, 0.2) is 48.8 Å². The van der Waals surface area contributed by atoms with Gasteiger partial charge in [-0.25, -0.2) is 4.39 Å². The van der Waals surface area contributed by atoms with Gasteiger partial charge in [0.2, 0.25) is 5.91 Å². The van der Waals surface area contributed by atoms with Crippen LogP contribution in [0.25, 0.3) is 22.2 Å². The lowest BCUT2D eigenvalue weighted by atomic mass is 10.1. The van der Waals surface area contributed by atoms with Gasteiger partial charge in [0.15, 0.2) is 0 Å². The second kappa shape index (κ2) is 5.60. The first-order valence-electron chi connectivity index (χ1n) is 6.96. The first-order chi connectivity index (χ1) is 10.6. The Morgan fingerprint density at radius 3 is 2.77 bits per heavy atom. The van der Waals surface area contributed by atoms with E-state index in [-0.39, 0.29) is 18.3 Å². The Kier molecular flexibility index (Phi) is 3.63. The van der Waals surface area contributed by atoms with E-state index in [4.69, 9.17) is 0 Å². The molecule has 0 N–H and O–H groups in total. The van der Waals surface area contributed by atoms with Crippen LogP contribution in [-0.2, 0) is 11.3 Å². The van der Waals surface area contributed by atoms with Crippen LogP contribution in [0.3, 0.4) is 0 Å². The third kappa shape index (κ3) is 2.57. The van der Waals surface area contributed by atoms with Gasteiger partial charge in [-0.1, -0.05) is 18.2 Å². The summed E-state index contributed by atoms with van der Waals surface area (Å²) in [6, 6.07) is 10.3. The van der Waals surface area contributed by atoms with Crippen molar-refractivity contribution in [3.63, 3.8) is 0 Å². The molecule has 0 atom stereocenters. The molecule has 3 rings (SSSR count). The molecule has 2 heterocycles. The smallest absolute Gasteiger partial charge is 0.241 e. The van der Waals surface area contributed by atoms with E-state index in [2.05, 4.69) is 4.98 Å². The Morgan fingerprint density at radius 1 is 1.27 bits per heavy atom.